The molecule has 0 spiro atoms. The number of likely N-dealkylation sites (tertiary alicyclic amines) is 1. The smallest absolute Gasteiger partial charge is 0.224 e. The van der Waals surface area contributed by atoms with Crippen LogP contribution in [0.15, 0.2) is 59.1 Å². The summed E-state index contributed by atoms with van der Waals surface area (Å²) in [5.74, 6) is 2.97. The molecule has 3 aromatic rings. The van der Waals surface area contributed by atoms with Crippen LogP contribution < -0.4 is 10.1 Å². The normalized spacial score (nSPS) is 23.4. The number of aromatic nitrogens is 1. The first-order valence-corrected chi connectivity index (χ1v) is 13.6. The van der Waals surface area contributed by atoms with Crippen molar-refractivity contribution in [2.75, 3.05) is 38.2 Å². The summed E-state index contributed by atoms with van der Waals surface area (Å²) >= 11 is 0. The van der Waals surface area contributed by atoms with Crippen LogP contribution in [0.25, 0.3) is 11.3 Å². The molecule has 0 bridgehead atoms. The molecule has 0 saturated carbocycles. The molecule has 1 N–H and O–H groups in total. The molecule has 4 heterocycles. The van der Waals surface area contributed by atoms with Crippen molar-refractivity contribution in [1.82, 2.24) is 10.1 Å². The van der Waals surface area contributed by atoms with Gasteiger partial charge in [0.25, 0.3) is 0 Å². The fourth-order valence-corrected chi connectivity index (χ4v) is 6.06. The average Bonchev–Trinajstić information content (AvgIpc) is 3.40. The Morgan fingerprint density at radius 2 is 1.81 bits per heavy atom. The number of piperidine rings is 1. The second-order valence-electron chi connectivity index (χ2n) is 10.6. The number of fused-ring (bicyclic) bond motifs is 2. The number of benzene rings is 2. The second kappa shape index (κ2) is 11.1. The number of carbonyl (C=O) groups is 1. The van der Waals surface area contributed by atoms with Crippen LogP contribution >= 0.6 is 0 Å². The molecule has 2 saturated heterocycles. The monoisotopic (exact) mass is 501 g/mol. The molecule has 2 fully saturated rings. The lowest BCUT2D eigenvalue weighted by atomic mass is 9.81. The maximum atomic E-state index is 13.1. The van der Waals surface area contributed by atoms with Gasteiger partial charge in [0.2, 0.25) is 5.91 Å². The standard InChI is InChI=1S/C30H35N3O4/c34-30-17-24-8-12-33(20-26-18-27(32-37-26)22-4-2-1-3-5-22)19-25(24)11-15-36-29-7-6-23(16-28(29)31-30)21-9-13-35-14-10-21/h1-7,16,18,21,24-25H,8-15,17,19-20H2,(H,31,34)/t24-,25-/m0/s1. The molecule has 7 nitrogen and oxygen atoms in total. The number of hydrogen-bond acceptors (Lipinski definition) is 6. The van der Waals surface area contributed by atoms with Gasteiger partial charge in [0.1, 0.15) is 11.4 Å². The first kappa shape index (κ1) is 24.2. The molecular weight excluding hydrogens is 466 g/mol. The average molecular weight is 502 g/mol. The van der Waals surface area contributed by atoms with Crippen LogP contribution in [-0.4, -0.2) is 48.9 Å². The lowest BCUT2D eigenvalue weighted by Gasteiger charge is -2.38. The fourth-order valence-electron chi connectivity index (χ4n) is 6.06. The number of hydrogen-bond donors (Lipinski definition) is 1. The Kier molecular flexibility index (Phi) is 7.24. The Morgan fingerprint density at radius 1 is 0.946 bits per heavy atom. The highest BCUT2D eigenvalue weighted by atomic mass is 16.5. The van der Waals surface area contributed by atoms with Crippen LogP contribution in [0.2, 0.25) is 0 Å². The molecule has 1 amide bonds. The molecule has 37 heavy (non-hydrogen) atoms. The van der Waals surface area contributed by atoms with Gasteiger partial charge in [-0.25, -0.2) is 0 Å². The number of anilines is 1. The maximum absolute atomic E-state index is 13.1. The Bertz CT molecular complexity index is 1200. The predicted octanol–water partition coefficient (Wildman–Crippen LogP) is 5.49. The van der Waals surface area contributed by atoms with Gasteiger partial charge < -0.3 is 19.3 Å². The number of amides is 1. The van der Waals surface area contributed by atoms with Crippen molar-refractivity contribution in [1.29, 1.82) is 0 Å². The zero-order chi connectivity index (χ0) is 25.0. The van der Waals surface area contributed by atoms with E-state index in [0.29, 0.717) is 30.8 Å². The van der Waals surface area contributed by atoms with Crippen LogP contribution in [0.1, 0.15) is 49.3 Å². The molecule has 194 valence electrons. The van der Waals surface area contributed by atoms with Crippen molar-refractivity contribution in [3.05, 3.63) is 65.9 Å². The van der Waals surface area contributed by atoms with Gasteiger partial charge in [0.05, 0.1) is 18.8 Å². The summed E-state index contributed by atoms with van der Waals surface area (Å²) in [6, 6.07) is 18.4. The summed E-state index contributed by atoms with van der Waals surface area (Å²) in [5, 5.41) is 7.45. The van der Waals surface area contributed by atoms with Crippen molar-refractivity contribution in [2.24, 2.45) is 11.8 Å². The number of carbonyl (C=O) groups excluding carboxylic acids is 1. The molecule has 2 aromatic carbocycles. The third-order valence-electron chi connectivity index (χ3n) is 8.15. The number of nitrogens with one attached hydrogen (secondary N) is 1. The van der Waals surface area contributed by atoms with E-state index in [-0.39, 0.29) is 5.91 Å². The molecule has 6 rings (SSSR count). The molecule has 1 aromatic heterocycles. The molecule has 0 aliphatic carbocycles. The highest BCUT2D eigenvalue weighted by molar-refractivity contribution is 5.92. The van der Waals surface area contributed by atoms with Crippen molar-refractivity contribution < 1.29 is 18.8 Å². The Labute approximate surface area is 218 Å². The van der Waals surface area contributed by atoms with Crippen LogP contribution in [0, 0.1) is 11.8 Å². The number of ether oxygens (including phenoxy) is 2. The summed E-state index contributed by atoms with van der Waals surface area (Å²) in [5.41, 5.74) is 4.00. The van der Waals surface area contributed by atoms with Crippen molar-refractivity contribution in [3.63, 3.8) is 0 Å². The van der Waals surface area contributed by atoms with E-state index in [1.54, 1.807) is 0 Å². The van der Waals surface area contributed by atoms with Crippen molar-refractivity contribution in [2.45, 2.75) is 44.6 Å². The summed E-state index contributed by atoms with van der Waals surface area (Å²) in [7, 11) is 0. The van der Waals surface area contributed by atoms with Crippen LogP contribution in [0.5, 0.6) is 5.75 Å². The second-order valence-corrected chi connectivity index (χ2v) is 10.6. The van der Waals surface area contributed by atoms with Crippen LogP contribution in [0.3, 0.4) is 0 Å². The molecule has 0 radical (unpaired) electrons. The van der Waals surface area contributed by atoms with E-state index >= 15 is 0 Å². The number of rotatable bonds is 4. The minimum atomic E-state index is 0.0852. The molecule has 7 heteroatoms. The van der Waals surface area contributed by atoms with Gasteiger partial charge in [0, 0.05) is 37.8 Å². The lowest BCUT2D eigenvalue weighted by molar-refractivity contribution is -0.118. The van der Waals surface area contributed by atoms with Crippen molar-refractivity contribution >= 4 is 11.6 Å². The first-order chi connectivity index (χ1) is 18.2. The highest BCUT2D eigenvalue weighted by Crippen LogP contribution is 2.36. The zero-order valence-corrected chi connectivity index (χ0v) is 21.2. The Balaban J connectivity index is 1.11. The van der Waals surface area contributed by atoms with E-state index in [1.165, 1.54) is 5.56 Å². The van der Waals surface area contributed by atoms with E-state index < -0.39 is 0 Å². The van der Waals surface area contributed by atoms with Crippen LogP contribution in [-0.2, 0) is 16.1 Å². The largest absolute Gasteiger partial charge is 0.491 e. The molecule has 2 atom stereocenters. The molecule has 3 aliphatic rings. The van der Waals surface area contributed by atoms with Gasteiger partial charge in [-0.2, -0.15) is 0 Å². The van der Waals surface area contributed by atoms with Gasteiger partial charge in [-0.15, -0.1) is 0 Å². The van der Waals surface area contributed by atoms with E-state index in [9.17, 15) is 4.79 Å². The van der Waals surface area contributed by atoms with Gasteiger partial charge in [-0.3, -0.25) is 9.69 Å². The van der Waals surface area contributed by atoms with Crippen LogP contribution in [0.4, 0.5) is 5.69 Å². The summed E-state index contributed by atoms with van der Waals surface area (Å²) in [6.45, 7) is 4.85. The fraction of sp³-hybridized carbons (Fsp3) is 0.467. The van der Waals surface area contributed by atoms with Gasteiger partial charge >= 0.3 is 0 Å². The van der Waals surface area contributed by atoms with Crippen molar-refractivity contribution in [3.8, 4) is 17.0 Å². The molecule has 0 unspecified atom stereocenters. The Hall–Kier alpha value is -3.16. The molecular formula is C30H35N3O4. The summed E-state index contributed by atoms with van der Waals surface area (Å²) in [6.07, 6.45) is 4.53. The summed E-state index contributed by atoms with van der Waals surface area (Å²) in [4.78, 5) is 15.5. The highest BCUT2D eigenvalue weighted by Gasteiger charge is 2.32. The Morgan fingerprint density at radius 3 is 2.68 bits per heavy atom. The van der Waals surface area contributed by atoms with E-state index in [0.717, 1.165) is 87.0 Å². The van der Waals surface area contributed by atoms with E-state index in [1.807, 2.05) is 42.5 Å². The van der Waals surface area contributed by atoms with Gasteiger partial charge in [0.15, 0.2) is 5.76 Å². The lowest BCUT2D eigenvalue weighted by Crippen LogP contribution is -2.42. The molecule has 3 aliphatic heterocycles. The van der Waals surface area contributed by atoms with Gasteiger partial charge in [-0.05, 0) is 67.7 Å². The summed E-state index contributed by atoms with van der Waals surface area (Å²) < 4.78 is 17.4. The first-order valence-electron chi connectivity index (χ1n) is 13.6. The topological polar surface area (TPSA) is 76.8 Å². The SMILES string of the molecule is O=C1C[C@@H]2CCN(Cc3cc(-c4ccccc4)no3)C[C@@H]2CCOc2ccc(C3CCOCC3)cc2N1. The quantitative estimate of drug-likeness (QED) is 0.510. The predicted molar refractivity (Wildman–Crippen MR) is 141 cm³/mol. The zero-order valence-electron chi connectivity index (χ0n) is 21.2. The third kappa shape index (κ3) is 5.73. The minimum absolute atomic E-state index is 0.0852. The number of nitrogens with zero attached hydrogens (tertiary/aromatic N) is 2. The maximum Gasteiger partial charge on any atom is 0.224 e. The van der Waals surface area contributed by atoms with Gasteiger partial charge in [-0.1, -0.05) is 41.6 Å². The minimum Gasteiger partial charge on any atom is -0.491 e. The van der Waals surface area contributed by atoms with E-state index in [2.05, 4.69) is 27.5 Å². The third-order valence-corrected chi connectivity index (χ3v) is 8.15. The van der Waals surface area contributed by atoms with E-state index in [4.69, 9.17) is 14.0 Å².